The molecule has 0 saturated heterocycles. The summed E-state index contributed by atoms with van der Waals surface area (Å²) in [6.45, 7) is 0.420. The number of nitrogens with zero attached hydrogens (tertiary/aromatic N) is 1. The zero-order chi connectivity index (χ0) is 20.8. The maximum Gasteiger partial charge on any atom is 0.311 e. The lowest BCUT2D eigenvalue weighted by molar-refractivity contribution is -0.134. The van der Waals surface area contributed by atoms with E-state index < -0.39 is 0 Å². The second-order valence-corrected chi connectivity index (χ2v) is 6.62. The molecule has 0 spiro atoms. The zero-order valence-corrected chi connectivity index (χ0v) is 16.5. The third-order valence-electron chi connectivity index (χ3n) is 4.47. The van der Waals surface area contributed by atoms with Crippen LogP contribution < -0.4 is 14.2 Å². The van der Waals surface area contributed by atoms with Crippen molar-refractivity contribution in [3.63, 3.8) is 0 Å². The molecule has 0 aliphatic heterocycles. The number of esters is 1. The molecule has 6 heteroatoms. The van der Waals surface area contributed by atoms with E-state index in [0.717, 1.165) is 17.1 Å². The van der Waals surface area contributed by atoms with Crippen LogP contribution in [0.15, 0.2) is 77.2 Å². The molecule has 0 atom stereocenters. The number of ether oxygens (including phenoxy) is 3. The molecule has 3 aromatic carbocycles. The van der Waals surface area contributed by atoms with Crippen molar-refractivity contribution >= 4 is 17.1 Å². The van der Waals surface area contributed by atoms with Gasteiger partial charge in [0.2, 0.25) is 5.89 Å². The Bertz CT molecular complexity index is 1120. The highest BCUT2D eigenvalue weighted by Crippen LogP contribution is 2.27. The lowest BCUT2D eigenvalue weighted by Gasteiger charge is -2.07. The van der Waals surface area contributed by atoms with E-state index in [1.807, 2.05) is 54.6 Å². The van der Waals surface area contributed by atoms with Crippen molar-refractivity contribution in [2.45, 2.75) is 12.8 Å². The molecule has 0 aliphatic rings. The van der Waals surface area contributed by atoms with Crippen LogP contribution in [-0.2, 0) is 4.79 Å². The van der Waals surface area contributed by atoms with Crippen LogP contribution in [0, 0.1) is 0 Å². The first kappa shape index (κ1) is 19.5. The summed E-state index contributed by atoms with van der Waals surface area (Å²) in [4.78, 5) is 16.6. The van der Waals surface area contributed by atoms with E-state index in [-0.39, 0.29) is 12.4 Å². The summed E-state index contributed by atoms with van der Waals surface area (Å²) in [5.74, 6) is 2.14. The van der Waals surface area contributed by atoms with Gasteiger partial charge in [0.15, 0.2) is 5.58 Å². The average molecular weight is 403 g/mol. The van der Waals surface area contributed by atoms with E-state index in [2.05, 4.69) is 4.98 Å². The number of hydrogen-bond donors (Lipinski definition) is 0. The number of benzene rings is 3. The Kier molecular flexibility index (Phi) is 5.94. The molecule has 4 rings (SSSR count). The Labute approximate surface area is 174 Å². The smallest absolute Gasteiger partial charge is 0.311 e. The second-order valence-electron chi connectivity index (χ2n) is 6.62. The van der Waals surface area contributed by atoms with Gasteiger partial charge in [-0.2, -0.15) is 0 Å². The van der Waals surface area contributed by atoms with Crippen molar-refractivity contribution in [1.29, 1.82) is 0 Å². The van der Waals surface area contributed by atoms with Gasteiger partial charge in [-0.05, 0) is 55.0 Å². The van der Waals surface area contributed by atoms with Crippen LogP contribution >= 0.6 is 0 Å². The molecule has 0 saturated carbocycles. The number of oxazole rings is 1. The number of carbonyl (C=O) groups excluding carboxylic acids is 1. The molecule has 30 heavy (non-hydrogen) atoms. The standard InChI is InChI=1S/C24H21NO5/c1-27-18-9-11-19(12-10-18)28-15-5-8-23(26)29-20-13-14-21-22(16-20)30-24(25-21)17-6-3-2-4-7-17/h2-4,6-7,9-14,16H,5,8,15H2,1H3. The third kappa shape index (κ3) is 4.78. The first-order valence-corrected chi connectivity index (χ1v) is 9.65. The number of methoxy groups -OCH3 is 1. The van der Waals surface area contributed by atoms with Crippen LogP contribution in [0.4, 0.5) is 0 Å². The second kappa shape index (κ2) is 9.13. The average Bonchev–Trinajstić information content (AvgIpc) is 3.21. The van der Waals surface area contributed by atoms with Crippen LogP contribution in [0.2, 0.25) is 0 Å². The molecule has 0 bridgehead atoms. The molecule has 1 heterocycles. The van der Waals surface area contributed by atoms with E-state index in [9.17, 15) is 4.79 Å². The molecular formula is C24H21NO5. The largest absolute Gasteiger partial charge is 0.497 e. The predicted octanol–water partition coefficient (Wildman–Crippen LogP) is 5.27. The summed E-state index contributed by atoms with van der Waals surface area (Å²) < 4.78 is 22.0. The lowest BCUT2D eigenvalue weighted by Crippen LogP contribution is -2.09. The van der Waals surface area contributed by atoms with Gasteiger partial charge in [-0.1, -0.05) is 18.2 Å². The van der Waals surface area contributed by atoms with E-state index in [4.69, 9.17) is 18.6 Å². The fourth-order valence-electron chi connectivity index (χ4n) is 2.93. The van der Waals surface area contributed by atoms with E-state index in [0.29, 0.717) is 35.8 Å². The fraction of sp³-hybridized carbons (Fsp3) is 0.167. The van der Waals surface area contributed by atoms with Gasteiger partial charge < -0.3 is 18.6 Å². The van der Waals surface area contributed by atoms with Gasteiger partial charge >= 0.3 is 5.97 Å². The SMILES string of the molecule is COc1ccc(OCCCC(=O)Oc2ccc3nc(-c4ccccc4)oc3c2)cc1. The molecule has 152 valence electrons. The van der Waals surface area contributed by atoms with Crippen molar-refractivity contribution in [2.75, 3.05) is 13.7 Å². The predicted molar refractivity (Wildman–Crippen MR) is 113 cm³/mol. The molecule has 0 radical (unpaired) electrons. The maximum atomic E-state index is 12.1. The number of fused-ring (bicyclic) bond motifs is 1. The third-order valence-corrected chi connectivity index (χ3v) is 4.47. The van der Waals surface area contributed by atoms with Crippen LogP contribution in [0.25, 0.3) is 22.6 Å². The van der Waals surface area contributed by atoms with Crippen molar-refractivity contribution in [3.8, 4) is 28.7 Å². The minimum absolute atomic E-state index is 0.250. The summed E-state index contributed by atoms with van der Waals surface area (Å²) in [6, 6.07) is 22.1. The van der Waals surface area contributed by atoms with E-state index >= 15 is 0 Å². The minimum Gasteiger partial charge on any atom is -0.497 e. The lowest BCUT2D eigenvalue weighted by atomic mass is 10.2. The van der Waals surface area contributed by atoms with Crippen molar-refractivity contribution in [3.05, 3.63) is 72.8 Å². The van der Waals surface area contributed by atoms with Crippen molar-refractivity contribution in [1.82, 2.24) is 4.98 Å². The minimum atomic E-state index is -0.324. The highest BCUT2D eigenvalue weighted by Gasteiger charge is 2.11. The molecule has 4 aromatic rings. The topological polar surface area (TPSA) is 70.8 Å². The van der Waals surface area contributed by atoms with E-state index in [1.54, 1.807) is 25.3 Å². The first-order chi connectivity index (χ1) is 14.7. The number of carbonyl (C=O) groups is 1. The summed E-state index contributed by atoms with van der Waals surface area (Å²) >= 11 is 0. The number of hydrogen-bond acceptors (Lipinski definition) is 6. The highest BCUT2D eigenvalue weighted by atomic mass is 16.5. The van der Waals surface area contributed by atoms with Gasteiger partial charge in [0.05, 0.1) is 13.7 Å². The van der Waals surface area contributed by atoms with Gasteiger partial charge in [-0.15, -0.1) is 0 Å². The molecule has 0 fully saturated rings. The summed E-state index contributed by atoms with van der Waals surface area (Å²) in [5, 5.41) is 0. The van der Waals surface area contributed by atoms with Gasteiger partial charge in [0.1, 0.15) is 22.8 Å². The Hall–Kier alpha value is -3.80. The fourth-order valence-corrected chi connectivity index (χ4v) is 2.93. The molecule has 0 aliphatic carbocycles. The Morgan fingerprint density at radius 2 is 1.67 bits per heavy atom. The van der Waals surface area contributed by atoms with Crippen molar-refractivity contribution < 1.29 is 23.4 Å². The van der Waals surface area contributed by atoms with Gasteiger partial charge in [-0.25, -0.2) is 4.98 Å². The highest BCUT2D eigenvalue weighted by molar-refractivity contribution is 5.79. The van der Waals surface area contributed by atoms with Crippen LogP contribution in [0.1, 0.15) is 12.8 Å². The Balaban J connectivity index is 1.29. The molecule has 0 unspecified atom stereocenters. The molecule has 0 amide bonds. The molecule has 1 aromatic heterocycles. The maximum absolute atomic E-state index is 12.1. The summed E-state index contributed by atoms with van der Waals surface area (Å²) in [5.41, 5.74) is 2.17. The van der Waals surface area contributed by atoms with Crippen LogP contribution in [0.3, 0.4) is 0 Å². The molecule has 6 nitrogen and oxygen atoms in total. The van der Waals surface area contributed by atoms with Crippen LogP contribution in [0.5, 0.6) is 17.2 Å². The van der Waals surface area contributed by atoms with E-state index in [1.165, 1.54) is 0 Å². The van der Waals surface area contributed by atoms with Crippen LogP contribution in [-0.4, -0.2) is 24.7 Å². The summed E-state index contributed by atoms with van der Waals surface area (Å²) in [7, 11) is 1.61. The monoisotopic (exact) mass is 403 g/mol. The van der Waals surface area contributed by atoms with Gasteiger partial charge in [0, 0.05) is 18.1 Å². The Morgan fingerprint density at radius 1 is 0.933 bits per heavy atom. The number of aromatic nitrogens is 1. The zero-order valence-electron chi connectivity index (χ0n) is 16.5. The first-order valence-electron chi connectivity index (χ1n) is 9.65. The number of rotatable bonds is 8. The molecule has 0 N–H and O–H groups in total. The van der Waals surface area contributed by atoms with Gasteiger partial charge in [-0.3, -0.25) is 4.79 Å². The normalized spacial score (nSPS) is 10.7. The quantitative estimate of drug-likeness (QED) is 0.227. The Morgan fingerprint density at radius 3 is 2.43 bits per heavy atom. The molecular weight excluding hydrogens is 382 g/mol. The van der Waals surface area contributed by atoms with Crippen molar-refractivity contribution in [2.24, 2.45) is 0 Å². The van der Waals surface area contributed by atoms with Gasteiger partial charge in [0.25, 0.3) is 0 Å². The summed E-state index contributed by atoms with van der Waals surface area (Å²) in [6.07, 6.45) is 0.799.